The zero-order valence-electron chi connectivity index (χ0n) is 20.1. The molecule has 1 unspecified atom stereocenters. The third-order valence-electron chi connectivity index (χ3n) is 6.10. The number of benzene rings is 2. The molecule has 1 aliphatic rings. The van der Waals surface area contributed by atoms with Gasteiger partial charge in [0.1, 0.15) is 10.8 Å². The van der Waals surface area contributed by atoms with E-state index in [-0.39, 0.29) is 32.7 Å². The largest absolute Gasteiger partial charge is 0.507 e. The topological polar surface area (TPSA) is 89.0 Å². The van der Waals surface area contributed by atoms with Gasteiger partial charge in [0.2, 0.25) is 0 Å². The van der Waals surface area contributed by atoms with E-state index in [4.69, 9.17) is 32.7 Å². The minimum Gasteiger partial charge on any atom is -0.507 e. The smallest absolute Gasteiger partial charge is 0.300 e. The molecule has 186 valence electrons. The van der Waals surface area contributed by atoms with Crippen molar-refractivity contribution in [3.8, 4) is 11.5 Å². The van der Waals surface area contributed by atoms with E-state index in [0.29, 0.717) is 17.2 Å². The number of halogens is 2. The van der Waals surface area contributed by atoms with Gasteiger partial charge in [-0.2, -0.15) is 0 Å². The van der Waals surface area contributed by atoms with Crippen molar-refractivity contribution in [2.24, 2.45) is 0 Å². The minimum absolute atomic E-state index is 0.0213. The third-order valence-corrected chi connectivity index (χ3v) is 6.72. The van der Waals surface area contributed by atoms with Gasteiger partial charge in [0.15, 0.2) is 11.5 Å². The predicted molar refractivity (Wildman–Crippen MR) is 139 cm³/mol. The summed E-state index contributed by atoms with van der Waals surface area (Å²) in [5.74, 6) is -1.60. The van der Waals surface area contributed by atoms with E-state index in [1.54, 1.807) is 36.7 Å². The van der Waals surface area contributed by atoms with Crippen molar-refractivity contribution in [3.63, 3.8) is 0 Å². The van der Waals surface area contributed by atoms with Crippen LogP contribution in [0.25, 0.3) is 5.76 Å². The van der Waals surface area contributed by atoms with Crippen molar-refractivity contribution in [1.82, 2.24) is 4.98 Å². The van der Waals surface area contributed by atoms with Crippen molar-refractivity contribution in [1.29, 1.82) is 0 Å². The molecule has 1 saturated heterocycles. The number of ether oxygens (including phenoxy) is 2. The summed E-state index contributed by atoms with van der Waals surface area (Å²) < 4.78 is 10.7. The zero-order chi connectivity index (χ0) is 26.1. The van der Waals surface area contributed by atoms with Crippen molar-refractivity contribution < 1.29 is 24.2 Å². The molecule has 0 radical (unpaired) electrons. The number of hydrogen-bond donors (Lipinski definition) is 1. The van der Waals surface area contributed by atoms with E-state index < -0.39 is 23.5 Å². The summed E-state index contributed by atoms with van der Waals surface area (Å²) >= 11 is 12.7. The number of hydrogen-bond acceptors (Lipinski definition) is 6. The van der Waals surface area contributed by atoms with E-state index >= 15 is 0 Å². The standard InChI is InChI=1S/C27H24Cl2N2O5/c1-14(2)15-5-7-17(8-6-15)31-22(16-9-11-30-12-10-16)20(24(33)27(31)34)23(32)18-13-19(28)26(36-4)21(29)25(18)35-3/h5-14,22,32H,1-4H3/b23-20+. The number of ketones is 1. The maximum Gasteiger partial charge on any atom is 0.300 e. The number of pyridine rings is 1. The number of aromatic nitrogens is 1. The van der Waals surface area contributed by atoms with Crippen LogP contribution in [0.2, 0.25) is 10.0 Å². The number of carbonyl (C=O) groups is 2. The molecule has 3 aromatic rings. The monoisotopic (exact) mass is 526 g/mol. The number of aliphatic hydroxyl groups is 1. The van der Waals surface area contributed by atoms with Crippen molar-refractivity contribution in [2.75, 3.05) is 19.1 Å². The lowest BCUT2D eigenvalue weighted by Crippen LogP contribution is -2.29. The minimum atomic E-state index is -0.928. The first kappa shape index (κ1) is 25.5. The van der Waals surface area contributed by atoms with Gasteiger partial charge in [-0.1, -0.05) is 49.2 Å². The lowest BCUT2D eigenvalue weighted by Gasteiger charge is -2.26. The molecule has 36 heavy (non-hydrogen) atoms. The summed E-state index contributed by atoms with van der Waals surface area (Å²) in [5.41, 5.74) is 2.11. The lowest BCUT2D eigenvalue weighted by molar-refractivity contribution is -0.132. The highest BCUT2D eigenvalue weighted by atomic mass is 35.5. The molecule has 7 nitrogen and oxygen atoms in total. The van der Waals surface area contributed by atoms with E-state index in [1.165, 1.54) is 25.2 Å². The first-order valence-corrected chi connectivity index (χ1v) is 11.9. The Morgan fingerprint density at radius 1 is 1.00 bits per heavy atom. The van der Waals surface area contributed by atoms with Gasteiger partial charge < -0.3 is 14.6 Å². The summed E-state index contributed by atoms with van der Waals surface area (Å²) in [6.45, 7) is 4.13. The van der Waals surface area contributed by atoms with Crippen LogP contribution in [0.15, 0.2) is 60.4 Å². The van der Waals surface area contributed by atoms with Crippen LogP contribution in [-0.4, -0.2) is 36.0 Å². The number of nitrogens with zero attached hydrogens (tertiary/aromatic N) is 2. The fourth-order valence-electron chi connectivity index (χ4n) is 4.27. The zero-order valence-corrected chi connectivity index (χ0v) is 21.6. The van der Waals surface area contributed by atoms with Gasteiger partial charge in [-0.15, -0.1) is 0 Å². The van der Waals surface area contributed by atoms with E-state index in [9.17, 15) is 14.7 Å². The molecule has 1 fully saturated rings. The summed E-state index contributed by atoms with van der Waals surface area (Å²) in [6.07, 6.45) is 3.11. The number of Topliss-reactive ketones (excluding diaryl/α,β-unsaturated/α-hetero) is 1. The van der Waals surface area contributed by atoms with E-state index in [2.05, 4.69) is 18.8 Å². The van der Waals surface area contributed by atoms with Crippen molar-refractivity contribution in [2.45, 2.75) is 25.8 Å². The molecule has 0 bridgehead atoms. The maximum absolute atomic E-state index is 13.4. The number of aliphatic hydroxyl groups excluding tert-OH is 1. The molecule has 1 aromatic heterocycles. The average Bonchev–Trinajstić information content (AvgIpc) is 3.14. The lowest BCUT2D eigenvalue weighted by atomic mass is 9.95. The van der Waals surface area contributed by atoms with E-state index in [1.807, 2.05) is 12.1 Å². The Hall–Kier alpha value is -3.55. The molecular weight excluding hydrogens is 503 g/mol. The summed E-state index contributed by atoms with van der Waals surface area (Å²) in [4.78, 5) is 32.2. The van der Waals surface area contributed by atoms with Gasteiger partial charge in [0.05, 0.1) is 36.4 Å². The molecule has 0 aliphatic carbocycles. The predicted octanol–water partition coefficient (Wildman–Crippen LogP) is 6.16. The second-order valence-electron chi connectivity index (χ2n) is 8.48. The normalized spacial score (nSPS) is 17.1. The SMILES string of the molecule is COc1c(Cl)cc(/C(O)=C2\C(=O)C(=O)N(c3ccc(C(C)C)cc3)C2c2ccncc2)c(OC)c1Cl. The number of amides is 1. The second-order valence-corrected chi connectivity index (χ2v) is 9.27. The highest BCUT2D eigenvalue weighted by Crippen LogP contribution is 2.48. The summed E-state index contributed by atoms with van der Waals surface area (Å²) in [5, 5.41) is 11.6. The van der Waals surface area contributed by atoms with Crippen LogP contribution in [0.4, 0.5) is 5.69 Å². The van der Waals surface area contributed by atoms with Gasteiger partial charge in [-0.25, -0.2) is 0 Å². The number of anilines is 1. The number of rotatable bonds is 6. The Morgan fingerprint density at radius 3 is 2.17 bits per heavy atom. The first-order chi connectivity index (χ1) is 17.2. The molecular formula is C27H24Cl2N2O5. The molecule has 2 aromatic carbocycles. The molecule has 2 heterocycles. The Bertz CT molecular complexity index is 1350. The Kier molecular flexibility index (Phi) is 7.24. The second kappa shape index (κ2) is 10.2. The fourth-order valence-corrected chi connectivity index (χ4v) is 4.96. The quantitative estimate of drug-likeness (QED) is 0.235. The van der Waals surface area contributed by atoms with Gasteiger partial charge in [0, 0.05) is 18.1 Å². The van der Waals surface area contributed by atoms with Gasteiger partial charge in [-0.3, -0.25) is 19.5 Å². The molecule has 1 aliphatic heterocycles. The molecule has 1 amide bonds. The van der Waals surface area contributed by atoms with Crippen LogP contribution >= 0.6 is 23.2 Å². The molecule has 4 rings (SSSR count). The molecule has 1 N–H and O–H groups in total. The molecule has 0 saturated carbocycles. The Morgan fingerprint density at radius 2 is 1.61 bits per heavy atom. The maximum atomic E-state index is 13.4. The van der Waals surface area contributed by atoms with Gasteiger partial charge in [0.25, 0.3) is 11.7 Å². The summed E-state index contributed by atoms with van der Waals surface area (Å²) in [6, 6.07) is 11.2. The highest BCUT2D eigenvalue weighted by molar-refractivity contribution is 6.52. The van der Waals surface area contributed by atoms with Gasteiger partial charge in [-0.05, 0) is 47.4 Å². The van der Waals surface area contributed by atoms with Crippen LogP contribution in [0.5, 0.6) is 11.5 Å². The third kappa shape index (κ3) is 4.29. The van der Waals surface area contributed by atoms with E-state index in [0.717, 1.165) is 5.56 Å². The first-order valence-electron chi connectivity index (χ1n) is 11.1. The van der Waals surface area contributed by atoms with Crippen LogP contribution < -0.4 is 14.4 Å². The fraction of sp³-hybridized carbons (Fsp3) is 0.222. The van der Waals surface area contributed by atoms with Gasteiger partial charge >= 0.3 is 0 Å². The van der Waals surface area contributed by atoms with Crippen LogP contribution in [-0.2, 0) is 9.59 Å². The number of methoxy groups -OCH3 is 2. The average molecular weight is 527 g/mol. The molecule has 0 spiro atoms. The highest BCUT2D eigenvalue weighted by Gasteiger charge is 2.47. The van der Waals surface area contributed by atoms with Crippen LogP contribution in [0.3, 0.4) is 0 Å². The Balaban J connectivity index is 1.97. The molecule has 1 atom stereocenters. The molecule has 9 heteroatoms. The van der Waals surface area contributed by atoms with Crippen LogP contribution in [0, 0.1) is 0 Å². The Labute approximate surface area is 218 Å². The van der Waals surface area contributed by atoms with Crippen molar-refractivity contribution in [3.05, 3.63) is 87.2 Å². The number of carbonyl (C=O) groups excluding carboxylic acids is 2. The summed E-state index contributed by atoms with van der Waals surface area (Å²) in [7, 11) is 2.76. The van der Waals surface area contributed by atoms with Crippen LogP contribution in [0.1, 0.15) is 42.5 Å². The van der Waals surface area contributed by atoms with Crippen molar-refractivity contribution >= 4 is 46.3 Å².